The van der Waals surface area contributed by atoms with E-state index in [1.807, 2.05) is 24.3 Å². The highest BCUT2D eigenvalue weighted by molar-refractivity contribution is 5.85. The molecule has 0 unspecified atom stereocenters. The number of aryl methyl sites for hydroxylation is 1. The van der Waals surface area contributed by atoms with Gasteiger partial charge in [0, 0.05) is 6.54 Å². The van der Waals surface area contributed by atoms with Crippen LogP contribution in [0, 0.1) is 6.92 Å². The van der Waals surface area contributed by atoms with E-state index in [-0.39, 0.29) is 16.6 Å². The Morgan fingerprint density at radius 3 is 2.15 bits per heavy atom. The van der Waals surface area contributed by atoms with Crippen molar-refractivity contribution in [1.82, 2.24) is 24.5 Å². The van der Waals surface area contributed by atoms with Gasteiger partial charge in [-0.25, -0.2) is 4.68 Å². The Morgan fingerprint density at radius 1 is 0.854 bits per heavy atom. The first-order valence-corrected chi connectivity index (χ1v) is 13.4. The number of ether oxygens (including phenoxy) is 1. The number of halogens is 3. The highest BCUT2D eigenvalue weighted by atomic mass is 19.4. The van der Waals surface area contributed by atoms with Gasteiger partial charge in [0.25, 0.3) is 5.56 Å². The van der Waals surface area contributed by atoms with Crippen LogP contribution in [-0.4, -0.2) is 44.7 Å². The van der Waals surface area contributed by atoms with Crippen molar-refractivity contribution in [1.29, 1.82) is 0 Å². The van der Waals surface area contributed by atoms with E-state index in [0.29, 0.717) is 17.1 Å². The minimum Gasteiger partial charge on any atom is -0.497 e. The maximum Gasteiger partial charge on any atom is 0.435 e. The van der Waals surface area contributed by atoms with Gasteiger partial charge >= 0.3 is 6.18 Å². The number of rotatable bonds is 6. The zero-order valence-corrected chi connectivity index (χ0v) is 22.7. The smallest absolute Gasteiger partial charge is 0.435 e. The van der Waals surface area contributed by atoms with E-state index in [1.165, 1.54) is 32.4 Å². The summed E-state index contributed by atoms with van der Waals surface area (Å²) in [6.45, 7) is 4.50. The second-order valence-electron chi connectivity index (χ2n) is 10.2. The first-order valence-electron chi connectivity index (χ1n) is 13.4. The highest BCUT2D eigenvalue weighted by Gasteiger charge is 2.39. The molecule has 0 radical (unpaired) electrons. The summed E-state index contributed by atoms with van der Waals surface area (Å²) in [5.74, 6) is 0.526. The molecule has 1 fully saturated rings. The van der Waals surface area contributed by atoms with Crippen molar-refractivity contribution < 1.29 is 17.9 Å². The molecule has 0 amide bonds. The van der Waals surface area contributed by atoms with Gasteiger partial charge in [-0.05, 0) is 85.9 Å². The molecule has 3 aromatic carbocycles. The Bertz CT molecular complexity index is 1770. The quantitative estimate of drug-likeness (QED) is 0.249. The Kier molecular flexibility index (Phi) is 6.86. The number of alkyl halides is 3. The summed E-state index contributed by atoms with van der Waals surface area (Å²) in [7, 11) is 1.49. The third-order valence-corrected chi connectivity index (χ3v) is 7.51. The van der Waals surface area contributed by atoms with E-state index >= 15 is 0 Å². The number of benzene rings is 3. The van der Waals surface area contributed by atoms with Crippen molar-refractivity contribution in [3.63, 3.8) is 0 Å². The molecular weight excluding hydrogens is 531 g/mol. The Labute approximate surface area is 234 Å². The van der Waals surface area contributed by atoms with Crippen molar-refractivity contribution in [3.05, 3.63) is 100 Å². The lowest BCUT2D eigenvalue weighted by molar-refractivity contribution is -0.140. The maximum atomic E-state index is 14.0. The largest absolute Gasteiger partial charge is 0.497 e. The topological polar surface area (TPSA) is 65.2 Å². The molecular formula is C31H28F3N5O2. The van der Waals surface area contributed by atoms with Gasteiger partial charge < -0.3 is 4.74 Å². The van der Waals surface area contributed by atoms with E-state index in [9.17, 15) is 18.0 Å². The van der Waals surface area contributed by atoms with Crippen molar-refractivity contribution in [2.75, 3.05) is 20.2 Å². The average molecular weight is 560 g/mol. The molecule has 210 valence electrons. The summed E-state index contributed by atoms with van der Waals surface area (Å²) in [4.78, 5) is 16.2. The molecule has 6 rings (SSSR count). The molecule has 2 aromatic heterocycles. The molecule has 1 aliphatic heterocycles. The molecule has 41 heavy (non-hydrogen) atoms. The lowest BCUT2D eigenvalue weighted by Crippen LogP contribution is -2.24. The number of likely N-dealkylation sites (tertiary alicyclic amines) is 1. The van der Waals surface area contributed by atoms with Crippen molar-refractivity contribution in [3.8, 4) is 28.3 Å². The van der Waals surface area contributed by atoms with Crippen LogP contribution >= 0.6 is 0 Å². The van der Waals surface area contributed by atoms with Gasteiger partial charge in [0.2, 0.25) is 0 Å². The zero-order valence-electron chi connectivity index (χ0n) is 22.7. The van der Waals surface area contributed by atoms with Crippen LogP contribution in [0.4, 0.5) is 13.2 Å². The molecule has 7 nitrogen and oxygen atoms in total. The molecule has 1 saturated heterocycles. The third kappa shape index (κ3) is 4.99. The van der Waals surface area contributed by atoms with Gasteiger partial charge in [-0.3, -0.25) is 9.69 Å². The molecule has 0 N–H and O–H groups in total. The standard InChI is InChI=1S/C31H28F3N5O2/c1-20-27-28(38(36-29(27)31(32,33)34)23-13-15-25(41-2)16-14-23)30(40)39(35-20)24-11-9-21(10-12-24)26-8-4-3-7-22(26)19-37-17-5-6-18-37/h3-4,7-16H,5-6,17-19H2,1-2H3. The molecule has 10 heteroatoms. The maximum absolute atomic E-state index is 14.0. The Hall–Kier alpha value is -4.44. The van der Waals surface area contributed by atoms with Gasteiger partial charge in [0.15, 0.2) is 5.69 Å². The first kappa shape index (κ1) is 26.8. The molecule has 0 bridgehead atoms. The van der Waals surface area contributed by atoms with Crippen LogP contribution in [0.15, 0.2) is 77.6 Å². The number of methoxy groups -OCH3 is 1. The van der Waals surface area contributed by atoms with Crippen LogP contribution in [0.5, 0.6) is 5.75 Å². The number of hydrogen-bond acceptors (Lipinski definition) is 5. The van der Waals surface area contributed by atoms with E-state index in [4.69, 9.17) is 4.74 Å². The molecule has 0 aliphatic carbocycles. The number of hydrogen-bond donors (Lipinski definition) is 0. The minimum atomic E-state index is -4.77. The fourth-order valence-corrected chi connectivity index (χ4v) is 5.49. The summed E-state index contributed by atoms with van der Waals surface area (Å²) >= 11 is 0. The molecule has 0 saturated carbocycles. The number of nitrogens with zero attached hydrogens (tertiary/aromatic N) is 5. The van der Waals surface area contributed by atoms with Gasteiger partial charge in [-0.15, -0.1) is 0 Å². The minimum absolute atomic E-state index is 0.0479. The summed E-state index contributed by atoms with van der Waals surface area (Å²) in [5.41, 5.74) is 2.04. The highest BCUT2D eigenvalue weighted by Crippen LogP contribution is 2.35. The van der Waals surface area contributed by atoms with Crippen molar-refractivity contribution in [2.45, 2.75) is 32.5 Å². The second-order valence-corrected chi connectivity index (χ2v) is 10.2. The average Bonchev–Trinajstić information content (AvgIpc) is 3.64. The predicted octanol–water partition coefficient (Wildman–Crippen LogP) is 6.17. The van der Waals surface area contributed by atoms with Gasteiger partial charge in [0.1, 0.15) is 11.3 Å². The molecule has 0 spiro atoms. The normalized spacial score (nSPS) is 14.2. The first-order chi connectivity index (χ1) is 19.7. The predicted molar refractivity (Wildman–Crippen MR) is 151 cm³/mol. The van der Waals surface area contributed by atoms with Crippen LogP contribution < -0.4 is 10.3 Å². The Morgan fingerprint density at radius 2 is 1.49 bits per heavy atom. The van der Waals surface area contributed by atoms with Crippen molar-refractivity contribution in [2.24, 2.45) is 0 Å². The van der Waals surface area contributed by atoms with E-state index in [0.717, 1.165) is 40.1 Å². The zero-order chi connectivity index (χ0) is 28.7. The van der Waals surface area contributed by atoms with E-state index in [1.54, 1.807) is 36.4 Å². The van der Waals surface area contributed by atoms with Gasteiger partial charge in [-0.1, -0.05) is 36.4 Å². The summed E-state index contributed by atoms with van der Waals surface area (Å²) < 4.78 is 49.4. The summed E-state index contributed by atoms with van der Waals surface area (Å²) in [5, 5.41) is 7.82. The van der Waals surface area contributed by atoms with Crippen LogP contribution in [0.25, 0.3) is 33.4 Å². The van der Waals surface area contributed by atoms with Crippen LogP contribution in [0.2, 0.25) is 0 Å². The summed E-state index contributed by atoms with van der Waals surface area (Å²) in [6, 6.07) is 21.9. The molecule has 5 aromatic rings. The summed E-state index contributed by atoms with van der Waals surface area (Å²) in [6.07, 6.45) is -2.35. The third-order valence-electron chi connectivity index (χ3n) is 7.51. The van der Waals surface area contributed by atoms with Crippen molar-refractivity contribution >= 4 is 10.9 Å². The molecule has 0 atom stereocenters. The van der Waals surface area contributed by atoms with Crippen LogP contribution in [0.3, 0.4) is 0 Å². The fourth-order valence-electron chi connectivity index (χ4n) is 5.49. The Balaban J connectivity index is 1.45. The van der Waals surface area contributed by atoms with E-state index in [2.05, 4.69) is 27.2 Å². The van der Waals surface area contributed by atoms with E-state index < -0.39 is 17.4 Å². The molecule has 3 heterocycles. The van der Waals surface area contributed by atoms with Crippen LogP contribution in [0.1, 0.15) is 29.8 Å². The monoisotopic (exact) mass is 559 g/mol. The SMILES string of the molecule is COc1ccc(-n2nc(C(F)(F)F)c3c(C)nn(-c4ccc(-c5ccccc5CN5CCCC5)cc4)c(=O)c32)cc1. The van der Waals surface area contributed by atoms with Crippen LogP contribution in [-0.2, 0) is 12.7 Å². The number of aromatic nitrogens is 4. The fraction of sp³-hybridized carbons (Fsp3) is 0.258. The molecule has 1 aliphatic rings. The van der Waals surface area contributed by atoms with Gasteiger partial charge in [-0.2, -0.15) is 28.1 Å². The second kappa shape index (κ2) is 10.5. The van der Waals surface area contributed by atoms with Gasteiger partial charge in [0.05, 0.1) is 29.6 Å². The lowest BCUT2D eigenvalue weighted by Gasteiger charge is -2.18. The number of fused-ring (bicyclic) bond motifs is 1. The lowest BCUT2D eigenvalue weighted by atomic mass is 9.99.